The number of rotatable bonds is 6. The van der Waals surface area contributed by atoms with Gasteiger partial charge in [0.25, 0.3) is 0 Å². The number of hydrogen-bond donors (Lipinski definition) is 0. The molecule has 18 heavy (non-hydrogen) atoms. The lowest BCUT2D eigenvalue weighted by Crippen LogP contribution is -2.24. The van der Waals surface area contributed by atoms with Gasteiger partial charge in [-0.3, -0.25) is 0 Å². The highest BCUT2D eigenvalue weighted by Crippen LogP contribution is 2.25. The van der Waals surface area contributed by atoms with Crippen LogP contribution in [0.1, 0.15) is 5.56 Å². The first kappa shape index (κ1) is 15.5. The molecule has 0 spiro atoms. The average molecular weight is 336 g/mol. The topological polar surface area (TPSA) is 46.6 Å². The predicted molar refractivity (Wildman–Crippen MR) is 76.7 cm³/mol. The van der Waals surface area contributed by atoms with E-state index in [0.29, 0.717) is 13.1 Å². The van der Waals surface area contributed by atoms with Crippen molar-refractivity contribution < 1.29 is 13.2 Å². The van der Waals surface area contributed by atoms with Gasteiger partial charge >= 0.3 is 0 Å². The molecule has 6 heteroatoms. The van der Waals surface area contributed by atoms with Crippen molar-refractivity contribution >= 4 is 25.8 Å². The van der Waals surface area contributed by atoms with Crippen molar-refractivity contribution in [1.82, 2.24) is 4.90 Å². The molecule has 1 aromatic rings. The van der Waals surface area contributed by atoms with Crippen LogP contribution in [-0.4, -0.2) is 46.0 Å². The lowest BCUT2D eigenvalue weighted by atomic mass is 10.2. The third-order valence-electron chi connectivity index (χ3n) is 2.51. The summed E-state index contributed by atoms with van der Waals surface area (Å²) in [6.07, 6.45) is 1.25. The molecule has 102 valence electrons. The summed E-state index contributed by atoms with van der Waals surface area (Å²) in [5.41, 5.74) is 1.11. The van der Waals surface area contributed by atoms with Gasteiger partial charge in [0.2, 0.25) is 0 Å². The summed E-state index contributed by atoms with van der Waals surface area (Å²) in [5.74, 6) is 0.971. The van der Waals surface area contributed by atoms with Crippen molar-refractivity contribution in [2.24, 2.45) is 0 Å². The average Bonchev–Trinajstić information content (AvgIpc) is 2.26. The third kappa shape index (κ3) is 5.37. The van der Waals surface area contributed by atoms with Crippen LogP contribution in [0, 0.1) is 0 Å². The Morgan fingerprint density at radius 3 is 2.56 bits per heavy atom. The van der Waals surface area contributed by atoms with Gasteiger partial charge in [0, 0.05) is 19.3 Å². The first-order valence-electron chi connectivity index (χ1n) is 5.50. The van der Waals surface area contributed by atoms with E-state index in [4.69, 9.17) is 4.74 Å². The van der Waals surface area contributed by atoms with Crippen molar-refractivity contribution in [2.45, 2.75) is 6.54 Å². The van der Waals surface area contributed by atoms with Gasteiger partial charge in [-0.05, 0) is 40.7 Å². The molecule has 0 aliphatic rings. The Morgan fingerprint density at radius 2 is 2.06 bits per heavy atom. The van der Waals surface area contributed by atoms with E-state index >= 15 is 0 Å². The van der Waals surface area contributed by atoms with Crippen LogP contribution in [0.4, 0.5) is 0 Å². The van der Waals surface area contributed by atoms with Crippen LogP contribution in [0.15, 0.2) is 22.7 Å². The van der Waals surface area contributed by atoms with E-state index in [2.05, 4.69) is 15.9 Å². The van der Waals surface area contributed by atoms with Gasteiger partial charge in [0.1, 0.15) is 15.6 Å². The van der Waals surface area contributed by atoms with Crippen LogP contribution >= 0.6 is 15.9 Å². The summed E-state index contributed by atoms with van der Waals surface area (Å²) in [5, 5.41) is 0. The fourth-order valence-corrected chi connectivity index (χ4v) is 2.75. The van der Waals surface area contributed by atoms with Crippen LogP contribution in [0.3, 0.4) is 0 Å². The number of hydrogen-bond acceptors (Lipinski definition) is 4. The van der Waals surface area contributed by atoms with E-state index in [1.165, 1.54) is 6.26 Å². The van der Waals surface area contributed by atoms with Crippen molar-refractivity contribution in [1.29, 1.82) is 0 Å². The Balaban J connectivity index is 2.59. The minimum Gasteiger partial charge on any atom is -0.496 e. The highest BCUT2D eigenvalue weighted by molar-refractivity contribution is 9.10. The molecule has 0 aliphatic carbocycles. The molecule has 0 N–H and O–H groups in total. The minimum atomic E-state index is -2.90. The molecule has 0 unspecified atom stereocenters. The zero-order valence-corrected chi connectivity index (χ0v) is 13.2. The maximum atomic E-state index is 11.1. The second kappa shape index (κ2) is 6.54. The maximum absolute atomic E-state index is 11.1. The number of halogens is 1. The van der Waals surface area contributed by atoms with Crippen molar-refractivity contribution in [3.8, 4) is 5.75 Å². The molecule has 0 amide bonds. The van der Waals surface area contributed by atoms with Crippen LogP contribution in [0.25, 0.3) is 0 Å². The quantitative estimate of drug-likeness (QED) is 0.796. The smallest absolute Gasteiger partial charge is 0.148 e. The van der Waals surface area contributed by atoms with Gasteiger partial charge in [-0.15, -0.1) is 0 Å². The fraction of sp³-hybridized carbons (Fsp3) is 0.500. The van der Waals surface area contributed by atoms with E-state index < -0.39 is 9.84 Å². The van der Waals surface area contributed by atoms with E-state index in [1.807, 2.05) is 30.1 Å². The van der Waals surface area contributed by atoms with Gasteiger partial charge in [-0.25, -0.2) is 8.42 Å². The minimum absolute atomic E-state index is 0.181. The van der Waals surface area contributed by atoms with Crippen LogP contribution < -0.4 is 4.74 Å². The molecule has 0 fully saturated rings. The van der Waals surface area contributed by atoms with Gasteiger partial charge < -0.3 is 9.64 Å². The number of benzene rings is 1. The second-order valence-electron chi connectivity index (χ2n) is 4.34. The highest BCUT2D eigenvalue weighted by atomic mass is 79.9. The molecule has 0 aliphatic heterocycles. The van der Waals surface area contributed by atoms with Gasteiger partial charge in [0.05, 0.1) is 17.3 Å². The molecule has 0 aromatic heterocycles. The number of ether oxygens (including phenoxy) is 1. The number of methoxy groups -OCH3 is 1. The highest BCUT2D eigenvalue weighted by Gasteiger charge is 2.07. The standard InChI is InChI=1S/C12H18BrNO3S/c1-14(6-7-18(3,15)16)9-10-4-5-12(17-2)11(13)8-10/h4-5,8H,6-7,9H2,1-3H3. The van der Waals surface area contributed by atoms with E-state index in [1.54, 1.807) is 7.11 Å². The summed E-state index contributed by atoms with van der Waals surface area (Å²) in [4.78, 5) is 1.98. The first-order chi connectivity index (χ1) is 8.31. The first-order valence-corrected chi connectivity index (χ1v) is 8.36. The Labute approximate surface area is 117 Å². The normalized spacial score (nSPS) is 11.8. The SMILES string of the molecule is COc1ccc(CN(C)CCS(C)(=O)=O)cc1Br. The summed E-state index contributed by atoms with van der Waals surface area (Å²) in [6.45, 7) is 1.24. The summed E-state index contributed by atoms with van der Waals surface area (Å²) < 4.78 is 28.2. The largest absolute Gasteiger partial charge is 0.496 e. The Hall–Kier alpha value is -0.590. The van der Waals surface area contributed by atoms with Gasteiger partial charge in [0.15, 0.2) is 0 Å². The van der Waals surface area contributed by atoms with Gasteiger partial charge in [-0.1, -0.05) is 6.07 Å². The zero-order chi connectivity index (χ0) is 13.8. The predicted octanol–water partition coefficient (Wildman–Crippen LogP) is 1.93. The number of sulfone groups is 1. The monoisotopic (exact) mass is 335 g/mol. The summed E-state index contributed by atoms with van der Waals surface area (Å²) >= 11 is 3.43. The molecule has 0 saturated heterocycles. The summed E-state index contributed by atoms with van der Waals surface area (Å²) in [6, 6.07) is 5.85. The fourth-order valence-electron chi connectivity index (χ4n) is 1.52. The molecule has 1 aromatic carbocycles. The van der Waals surface area contributed by atoms with E-state index in [-0.39, 0.29) is 5.75 Å². The molecule has 0 radical (unpaired) electrons. The molecule has 1 rings (SSSR count). The van der Waals surface area contributed by atoms with Crippen molar-refractivity contribution in [3.63, 3.8) is 0 Å². The second-order valence-corrected chi connectivity index (χ2v) is 7.45. The zero-order valence-electron chi connectivity index (χ0n) is 10.8. The molecule has 0 heterocycles. The molecular formula is C12H18BrNO3S. The summed E-state index contributed by atoms with van der Waals surface area (Å²) in [7, 11) is 0.628. The lowest BCUT2D eigenvalue weighted by molar-refractivity contribution is 0.345. The maximum Gasteiger partial charge on any atom is 0.148 e. The molecule has 0 saturated carbocycles. The molecule has 4 nitrogen and oxygen atoms in total. The molecule has 0 bridgehead atoms. The molecule has 0 atom stereocenters. The van der Waals surface area contributed by atoms with Crippen LogP contribution in [-0.2, 0) is 16.4 Å². The van der Waals surface area contributed by atoms with E-state index in [9.17, 15) is 8.42 Å². The van der Waals surface area contributed by atoms with Crippen LogP contribution in [0.2, 0.25) is 0 Å². The third-order valence-corrected chi connectivity index (χ3v) is 4.06. The Kier molecular flexibility index (Phi) is 5.62. The van der Waals surface area contributed by atoms with Crippen molar-refractivity contribution in [2.75, 3.05) is 32.7 Å². The van der Waals surface area contributed by atoms with Gasteiger partial charge in [-0.2, -0.15) is 0 Å². The van der Waals surface area contributed by atoms with Crippen LogP contribution in [0.5, 0.6) is 5.75 Å². The van der Waals surface area contributed by atoms with E-state index in [0.717, 1.165) is 15.8 Å². The molecular weight excluding hydrogens is 318 g/mol. The Morgan fingerprint density at radius 1 is 1.39 bits per heavy atom. The lowest BCUT2D eigenvalue weighted by Gasteiger charge is -2.16. The number of nitrogens with zero attached hydrogens (tertiary/aromatic N) is 1. The van der Waals surface area contributed by atoms with Crippen molar-refractivity contribution in [3.05, 3.63) is 28.2 Å². The Bertz CT molecular complexity index is 502.